The molecule has 0 aromatic carbocycles. The van der Waals surface area contributed by atoms with Gasteiger partial charge in [0.2, 0.25) is 5.91 Å². The Hall–Kier alpha value is -1.30. The molecule has 20 heavy (non-hydrogen) atoms. The van der Waals surface area contributed by atoms with Gasteiger partial charge < -0.3 is 15.0 Å². The molecule has 0 bridgehead atoms. The summed E-state index contributed by atoms with van der Waals surface area (Å²) in [6.07, 6.45) is 0.710. The summed E-state index contributed by atoms with van der Waals surface area (Å²) in [7, 11) is 0. The number of hydrogen-bond donors (Lipinski definition) is 1. The fourth-order valence-corrected chi connectivity index (χ4v) is 2.05. The maximum Gasteiger partial charge on any atom is 0.410 e. The van der Waals surface area contributed by atoms with Crippen LogP contribution in [0.3, 0.4) is 0 Å². The van der Waals surface area contributed by atoms with Crippen LogP contribution in [-0.4, -0.2) is 66.7 Å². The molecule has 0 radical (unpaired) electrons. The molecule has 1 rings (SSSR count). The van der Waals surface area contributed by atoms with Crippen LogP contribution in [-0.2, 0) is 9.53 Å². The quantitative estimate of drug-likeness (QED) is 0.785. The summed E-state index contributed by atoms with van der Waals surface area (Å²) >= 11 is 0. The normalized spacial score (nSPS) is 16.9. The SMILES string of the molecule is CC(=O)NCCCN1CCN(C(=O)OC(C)(C)C)CC1. The van der Waals surface area contributed by atoms with Crippen molar-refractivity contribution in [3.8, 4) is 0 Å². The standard InChI is InChI=1S/C14H27N3O3/c1-12(18)15-6-5-7-16-8-10-17(11-9-16)13(19)20-14(2,3)4/h5-11H2,1-4H3,(H,15,18). The van der Waals surface area contributed by atoms with Gasteiger partial charge in [0.1, 0.15) is 5.60 Å². The highest BCUT2D eigenvalue weighted by atomic mass is 16.6. The average molecular weight is 285 g/mol. The number of nitrogens with one attached hydrogen (secondary N) is 1. The van der Waals surface area contributed by atoms with Gasteiger partial charge in [0.25, 0.3) is 0 Å². The van der Waals surface area contributed by atoms with Gasteiger partial charge in [0.15, 0.2) is 0 Å². The van der Waals surface area contributed by atoms with Crippen LogP contribution in [0.2, 0.25) is 0 Å². The number of amides is 2. The molecule has 1 aliphatic heterocycles. The lowest BCUT2D eigenvalue weighted by molar-refractivity contribution is -0.118. The van der Waals surface area contributed by atoms with Gasteiger partial charge >= 0.3 is 6.09 Å². The average Bonchev–Trinajstić information content (AvgIpc) is 2.33. The van der Waals surface area contributed by atoms with Crippen LogP contribution in [0.5, 0.6) is 0 Å². The van der Waals surface area contributed by atoms with Gasteiger partial charge in [-0.25, -0.2) is 4.79 Å². The molecule has 2 amide bonds. The molecule has 6 nitrogen and oxygen atoms in total. The topological polar surface area (TPSA) is 61.9 Å². The molecule has 0 atom stereocenters. The lowest BCUT2D eigenvalue weighted by Crippen LogP contribution is -2.50. The van der Waals surface area contributed by atoms with Crippen LogP contribution < -0.4 is 5.32 Å². The monoisotopic (exact) mass is 285 g/mol. The van der Waals surface area contributed by atoms with Gasteiger partial charge in [0, 0.05) is 39.6 Å². The van der Waals surface area contributed by atoms with E-state index in [2.05, 4.69) is 10.2 Å². The molecule has 0 unspecified atom stereocenters. The Balaban J connectivity index is 2.19. The summed E-state index contributed by atoms with van der Waals surface area (Å²) in [4.78, 5) is 26.7. The van der Waals surface area contributed by atoms with Crippen LogP contribution in [0.1, 0.15) is 34.1 Å². The van der Waals surface area contributed by atoms with E-state index in [4.69, 9.17) is 4.74 Å². The highest BCUT2D eigenvalue weighted by Gasteiger charge is 2.25. The number of ether oxygens (including phenoxy) is 1. The van der Waals surface area contributed by atoms with Crippen molar-refractivity contribution in [2.45, 2.75) is 39.7 Å². The molecule has 1 fully saturated rings. The third kappa shape index (κ3) is 6.75. The molecular formula is C14H27N3O3. The van der Waals surface area contributed by atoms with E-state index in [1.54, 1.807) is 4.90 Å². The number of piperazine rings is 1. The van der Waals surface area contributed by atoms with Crippen LogP contribution in [0.25, 0.3) is 0 Å². The number of carbonyl (C=O) groups excluding carboxylic acids is 2. The Kier molecular flexibility index (Phi) is 6.26. The Morgan fingerprint density at radius 3 is 2.25 bits per heavy atom. The zero-order valence-electron chi connectivity index (χ0n) is 13.1. The van der Waals surface area contributed by atoms with Crippen molar-refractivity contribution in [3.05, 3.63) is 0 Å². The molecule has 116 valence electrons. The number of hydrogen-bond acceptors (Lipinski definition) is 4. The molecule has 0 saturated carbocycles. The largest absolute Gasteiger partial charge is 0.444 e. The highest BCUT2D eigenvalue weighted by Crippen LogP contribution is 2.11. The zero-order valence-corrected chi connectivity index (χ0v) is 13.1. The first-order chi connectivity index (χ1) is 9.28. The fourth-order valence-electron chi connectivity index (χ4n) is 2.05. The van der Waals surface area contributed by atoms with Crippen molar-refractivity contribution in [2.75, 3.05) is 39.3 Å². The van der Waals surface area contributed by atoms with Crippen molar-refractivity contribution < 1.29 is 14.3 Å². The van der Waals surface area contributed by atoms with Gasteiger partial charge in [-0.15, -0.1) is 0 Å². The van der Waals surface area contributed by atoms with E-state index in [1.165, 1.54) is 6.92 Å². The first-order valence-electron chi connectivity index (χ1n) is 7.22. The number of nitrogens with zero attached hydrogens (tertiary/aromatic N) is 2. The zero-order chi connectivity index (χ0) is 15.2. The summed E-state index contributed by atoms with van der Waals surface area (Å²) < 4.78 is 5.36. The van der Waals surface area contributed by atoms with Crippen LogP contribution in [0.4, 0.5) is 4.79 Å². The van der Waals surface area contributed by atoms with Gasteiger partial charge in [-0.05, 0) is 33.7 Å². The van der Waals surface area contributed by atoms with Gasteiger partial charge in [0.05, 0.1) is 0 Å². The Morgan fingerprint density at radius 2 is 1.75 bits per heavy atom. The smallest absolute Gasteiger partial charge is 0.410 e. The van der Waals surface area contributed by atoms with E-state index >= 15 is 0 Å². The van der Waals surface area contributed by atoms with Gasteiger partial charge in [-0.2, -0.15) is 0 Å². The minimum atomic E-state index is -0.438. The van der Waals surface area contributed by atoms with E-state index in [9.17, 15) is 9.59 Å². The first kappa shape index (κ1) is 16.8. The maximum absolute atomic E-state index is 11.9. The lowest BCUT2D eigenvalue weighted by Gasteiger charge is -2.35. The molecular weight excluding hydrogens is 258 g/mol. The molecule has 0 aromatic rings. The summed E-state index contributed by atoms with van der Waals surface area (Å²) in [6, 6.07) is 0. The molecule has 1 N–H and O–H groups in total. The van der Waals surface area contributed by atoms with Crippen LogP contribution in [0.15, 0.2) is 0 Å². The lowest BCUT2D eigenvalue weighted by atomic mass is 10.2. The van der Waals surface area contributed by atoms with Crippen molar-refractivity contribution in [1.82, 2.24) is 15.1 Å². The summed E-state index contributed by atoms with van der Waals surface area (Å²) in [6.45, 7) is 11.9. The molecule has 1 heterocycles. The molecule has 0 aliphatic carbocycles. The first-order valence-corrected chi connectivity index (χ1v) is 7.22. The third-order valence-electron chi connectivity index (χ3n) is 3.05. The minimum absolute atomic E-state index is 0.0137. The second kappa shape index (κ2) is 7.47. The number of carbonyl (C=O) groups is 2. The third-order valence-corrected chi connectivity index (χ3v) is 3.05. The molecule has 0 aromatic heterocycles. The van der Waals surface area contributed by atoms with E-state index in [-0.39, 0.29) is 12.0 Å². The molecule has 1 saturated heterocycles. The second-order valence-electron chi connectivity index (χ2n) is 6.15. The fraction of sp³-hybridized carbons (Fsp3) is 0.857. The van der Waals surface area contributed by atoms with E-state index in [0.717, 1.165) is 26.1 Å². The minimum Gasteiger partial charge on any atom is -0.444 e. The maximum atomic E-state index is 11.9. The van der Waals surface area contributed by atoms with Crippen LogP contribution in [0, 0.1) is 0 Å². The second-order valence-corrected chi connectivity index (χ2v) is 6.15. The van der Waals surface area contributed by atoms with Crippen molar-refractivity contribution in [2.24, 2.45) is 0 Å². The molecule has 1 aliphatic rings. The Morgan fingerprint density at radius 1 is 1.15 bits per heavy atom. The van der Waals surface area contributed by atoms with Crippen molar-refractivity contribution in [3.63, 3.8) is 0 Å². The summed E-state index contributed by atoms with van der Waals surface area (Å²) in [5, 5.41) is 2.79. The van der Waals surface area contributed by atoms with E-state index < -0.39 is 5.60 Å². The molecule has 0 spiro atoms. The van der Waals surface area contributed by atoms with E-state index in [0.29, 0.717) is 19.6 Å². The predicted molar refractivity (Wildman–Crippen MR) is 77.5 cm³/mol. The predicted octanol–water partition coefficient (Wildman–Crippen LogP) is 1.07. The van der Waals surface area contributed by atoms with Gasteiger partial charge in [-0.1, -0.05) is 0 Å². The highest BCUT2D eigenvalue weighted by molar-refractivity contribution is 5.72. The molecule has 6 heteroatoms. The Labute approximate surface area is 121 Å². The number of rotatable bonds is 4. The van der Waals surface area contributed by atoms with Gasteiger partial charge in [-0.3, -0.25) is 9.69 Å². The summed E-state index contributed by atoms with van der Waals surface area (Å²) in [5.41, 5.74) is -0.438. The summed E-state index contributed by atoms with van der Waals surface area (Å²) in [5.74, 6) is 0.0137. The van der Waals surface area contributed by atoms with Crippen molar-refractivity contribution >= 4 is 12.0 Å². The van der Waals surface area contributed by atoms with Crippen LogP contribution >= 0.6 is 0 Å². The Bertz CT molecular complexity index is 331. The van der Waals surface area contributed by atoms with Crippen molar-refractivity contribution in [1.29, 1.82) is 0 Å². The van der Waals surface area contributed by atoms with E-state index in [1.807, 2.05) is 20.8 Å².